The number of nitro benzene ring substituents is 1. The van der Waals surface area contributed by atoms with Crippen LogP contribution >= 0.6 is 11.6 Å². The van der Waals surface area contributed by atoms with E-state index in [0.29, 0.717) is 59.7 Å². The number of rotatable bonds is 4. The quantitative estimate of drug-likeness (QED) is 0.539. The Kier molecular flexibility index (Phi) is 4.74. The summed E-state index contributed by atoms with van der Waals surface area (Å²) in [5.41, 5.74) is 1.03. The second kappa shape index (κ2) is 7.34. The molecule has 2 heterocycles. The fourth-order valence-electron chi connectivity index (χ4n) is 2.95. The van der Waals surface area contributed by atoms with Gasteiger partial charge < -0.3 is 15.0 Å². The lowest BCUT2D eigenvalue weighted by Gasteiger charge is -2.27. The van der Waals surface area contributed by atoms with Crippen molar-refractivity contribution in [2.24, 2.45) is 0 Å². The fourth-order valence-corrected chi connectivity index (χ4v) is 3.13. The topological polar surface area (TPSA) is 93.4 Å². The number of halogens is 1. The molecular formula is C18H16ClN5O3. The van der Waals surface area contributed by atoms with Gasteiger partial charge in [0.2, 0.25) is 5.95 Å². The van der Waals surface area contributed by atoms with Gasteiger partial charge >= 0.3 is 0 Å². The van der Waals surface area contributed by atoms with Gasteiger partial charge in [-0.15, -0.1) is 0 Å². The van der Waals surface area contributed by atoms with E-state index in [0.717, 1.165) is 0 Å². The number of hydrogen-bond acceptors (Lipinski definition) is 7. The first-order chi connectivity index (χ1) is 13.1. The van der Waals surface area contributed by atoms with Gasteiger partial charge in [-0.3, -0.25) is 10.1 Å². The number of fused-ring (bicyclic) bond motifs is 1. The van der Waals surface area contributed by atoms with Crippen LogP contribution in [0.15, 0.2) is 42.5 Å². The number of nitrogens with zero attached hydrogens (tertiary/aromatic N) is 4. The third-order valence-corrected chi connectivity index (χ3v) is 4.53. The number of benzene rings is 2. The lowest BCUT2D eigenvalue weighted by Crippen LogP contribution is -2.37. The van der Waals surface area contributed by atoms with Gasteiger partial charge in [0.05, 0.1) is 23.7 Å². The van der Waals surface area contributed by atoms with E-state index in [1.807, 2.05) is 11.0 Å². The molecule has 0 radical (unpaired) electrons. The SMILES string of the molecule is O=[N+]([O-])c1ccccc1Nc1nc(N2CCOCC2)nc2ccc(Cl)cc12. The van der Waals surface area contributed by atoms with Gasteiger partial charge in [-0.25, -0.2) is 4.98 Å². The molecule has 2 aromatic carbocycles. The summed E-state index contributed by atoms with van der Waals surface area (Å²) < 4.78 is 5.39. The maximum absolute atomic E-state index is 11.3. The van der Waals surface area contributed by atoms with Gasteiger partial charge in [-0.1, -0.05) is 23.7 Å². The average molecular weight is 386 g/mol. The summed E-state index contributed by atoms with van der Waals surface area (Å²) in [5.74, 6) is 1.02. The highest BCUT2D eigenvalue weighted by atomic mass is 35.5. The maximum Gasteiger partial charge on any atom is 0.292 e. The van der Waals surface area contributed by atoms with Crippen LogP contribution in [0.3, 0.4) is 0 Å². The van der Waals surface area contributed by atoms with Crippen LogP contribution in [-0.4, -0.2) is 41.2 Å². The highest BCUT2D eigenvalue weighted by molar-refractivity contribution is 6.31. The number of ether oxygens (including phenoxy) is 1. The molecule has 1 aromatic heterocycles. The van der Waals surface area contributed by atoms with E-state index in [9.17, 15) is 10.1 Å². The first-order valence-corrected chi connectivity index (χ1v) is 8.80. The number of nitrogens with one attached hydrogen (secondary N) is 1. The van der Waals surface area contributed by atoms with Gasteiger partial charge in [0.15, 0.2) is 0 Å². The normalized spacial score (nSPS) is 14.3. The molecule has 8 nitrogen and oxygen atoms in total. The van der Waals surface area contributed by atoms with Gasteiger partial charge in [0.1, 0.15) is 11.5 Å². The monoisotopic (exact) mass is 385 g/mol. The number of para-hydroxylation sites is 2. The van der Waals surface area contributed by atoms with Crippen LogP contribution < -0.4 is 10.2 Å². The van der Waals surface area contributed by atoms with Crippen LogP contribution in [0.25, 0.3) is 10.9 Å². The molecule has 0 bridgehead atoms. The number of nitro groups is 1. The predicted molar refractivity (Wildman–Crippen MR) is 104 cm³/mol. The van der Waals surface area contributed by atoms with E-state index in [1.165, 1.54) is 6.07 Å². The van der Waals surface area contributed by atoms with Crippen molar-refractivity contribution in [2.75, 3.05) is 36.5 Å². The molecular weight excluding hydrogens is 370 g/mol. The van der Waals surface area contributed by atoms with E-state index in [1.54, 1.807) is 30.3 Å². The van der Waals surface area contributed by atoms with E-state index < -0.39 is 4.92 Å². The summed E-state index contributed by atoms with van der Waals surface area (Å²) >= 11 is 6.15. The molecule has 1 fully saturated rings. The molecule has 9 heteroatoms. The summed E-state index contributed by atoms with van der Waals surface area (Å²) in [5, 5.41) is 15.7. The van der Waals surface area contributed by atoms with Crippen LogP contribution in [0.5, 0.6) is 0 Å². The zero-order chi connectivity index (χ0) is 18.8. The fraction of sp³-hybridized carbons (Fsp3) is 0.222. The Hall–Kier alpha value is -2.97. The minimum absolute atomic E-state index is 0.0285. The molecule has 1 aliphatic rings. The molecule has 0 saturated carbocycles. The molecule has 0 unspecified atom stereocenters. The molecule has 0 amide bonds. The molecule has 138 valence electrons. The molecule has 0 aliphatic carbocycles. The Morgan fingerprint density at radius 2 is 1.93 bits per heavy atom. The first-order valence-electron chi connectivity index (χ1n) is 8.42. The van der Waals surface area contributed by atoms with E-state index in [-0.39, 0.29) is 5.69 Å². The van der Waals surface area contributed by atoms with Crippen LogP contribution in [0.2, 0.25) is 5.02 Å². The second-order valence-corrected chi connectivity index (χ2v) is 6.47. The van der Waals surface area contributed by atoms with Crippen LogP contribution in [-0.2, 0) is 4.74 Å². The van der Waals surface area contributed by atoms with Crippen molar-refractivity contribution < 1.29 is 9.66 Å². The zero-order valence-corrected chi connectivity index (χ0v) is 15.0. The third kappa shape index (κ3) is 3.62. The standard InChI is InChI=1S/C18H16ClN5O3/c19-12-5-6-14-13(11-12)17(20-15-3-1-2-4-16(15)24(25)26)22-18(21-14)23-7-9-27-10-8-23/h1-6,11H,7-10H2,(H,20,21,22). The van der Waals surface area contributed by atoms with Crippen molar-refractivity contribution in [1.29, 1.82) is 0 Å². The minimum Gasteiger partial charge on any atom is -0.378 e. The van der Waals surface area contributed by atoms with Gasteiger partial charge in [0.25, 0.3) is 5.69 Å². The number of hydrogen-bond donors (Lipinski definition) is 1. The third-order valence-electron chi connectivity index (χ3n) is 4.29. The smallest absolute Gasteiger partial charge is 0.292 e. The zero-order valence-electron chi connectivity index (χ0n) is 14.3. The lowest BCUT2D eigenvalue weighted by molar-refractivity contribution is -0.383. The Balaban J connectivity index is 1.82. The number of anilines is 3. The summed E-state index contributed by atoms with van der Waals surface area (Å²) in [6, 6.07) is 11.8. The van der Waals surface area contributed by atoms with Crippen molar-refractivity contribution in [2.45, 2.75) is 0 Å². The van der Waals surface area contributed by atoms with E-state index in [2.05, 4.69) is 15.3 Å². The molecule has 3 aromatic rings. The minimum atomic E-state index is -0.429. The van der Waals surface area contributed by atoms with E-state index in [4.69, 9.17) is 16.3 Å². The van der Waals surface area contributed by atoms with Crippen molar-refractivity contribution in [3.63, 3.8) is 0 Å². The molecule has 0 atom stereocenters. The Bertz CT molecular complexity index is 1010. The Morgan fingerprint density at radius 1 is 1.15 bits per heavy atom. The number of morpholine rings is 1. The highest BCUT2D eigenvalue weighted by Crippen LogP contribution is 2.32. The van der Waals surface area contributed by atoms with Crippen LogP contribution in [0.1, 0.15) is 0 Å². The molecule has 0 spiro atoms. The molecule has 1 saturated heterocycles. The molecule has 27 heavy (non-hydrogen) atoms. The Labute approximate surface area is 159 Å². The van der Waals surface area contributed by atoms with Gasteiger partial charge in [0, 0.05) is 29.6 Å². The number of aromatic nitrogens is 2. The summed E-state index contributed by atoms with van der Waals surface area (Å²) in [4.78, 5) is 22.2. The van der Waals surface area contributed by atoms with Crippen molar-refractivity contribution in [3.8, 4) is 0 Å². The van der Waals surface area contributed by atoms with Crippen molar-refractivity contribution in [3.05, 3.63) is 57.6 Å². The maximum atomic E-state index is 11.3. The van der Waals surface area contributed by atoms with Crippen molar-refractivity contribution >= 4 is 45.6 Å². The lowest BCUT2D eigenvalue weighted by atomic mass is 10.2. The summed E-state index contributed by atoms with van der Waals surface area (Å²) in [6.07, 6.45) is 0. The predicted octanol–water partition coefficient (Wildman–Crippen LogP) is 3.77. The van der Waals surface area contributed by atoms with Crippen LogP contribution in [0, 0.1) is 10.1 Å². The molecule has 1 N–H and O–H groups in total. The summed E-state index contributed by atoms with van der Waals surface area (Å²) in [7, 11) is 0. The largest absolute Gasteiger partial charge is 0.378 e. The first kappa shape index (κ1) is 17.4. The highest BCUT2D eigenvalue weighted by Gasteiger charge is 2.19. The van der Waals surface area contributed by atoms with Crippen LogP contribution in [0.4, 0.5) is 23.1 Å². The molecule has 1 aliphatic heterocycles. The second-order valence-electron chi connectivity index (χ2n) is 6.03. The van der Waals surface area contributed by atoms with Crippen molar-refractivity contribution in [1.82, 2.24) is 9.97 Å². The molecule has 4 rings (SSSR count). The van der Waals surface area contributed by atoms with E-state index >= 15 is 0 Å². The average Bonchev–Trinajstić information content (AvgIpc) is 2.69. The Morgan fingerprint density at radius 3 is 2.70 bits per heavy atom. The van der Waals surface area contributed by atoms with Gasteiger partial charge in [-0.2, -0.15) is 4.98 Å². The van der Waals surface area contributed by atoms with Gasteiger partial charge in [-0.05, 0) is 24.3 Å². The summed E-state index contributed by atoms with van der Waals surface area (Å²) in [6.45, 7) is 2.58.